The van der Waals surface area contributed by atoms with Crippen molar-refractivity contribution in [3.8, 4) is 5.75 Å². The van der Waals surface area contributed by atoms with Gasteiger partial charge in [-0.15, -0.1) is 0 Å². The summed E-state index contributed by atoms with van der Waals surface area (Å²) in [6.45, 7) is 1.96. The molecular weight excluding hydrogens is 348 g/mol. The number of halogens is 2. The number of furan rings is 1. The van der Waals surface area contributed by atoms with Crippen molar-refractivity contribution >= 4 is 31.9 Å². The Bertz CT molecular complexity index is 520. The third kappa shape index (κ3) is 2.58. The largest absolute Gasteiger partial charge is 0.496 e. The molecule has 1 heterocycles. The van der Waals surface area contributed by atoms with E-state index in [0.29, 0.717) is 0 Å². The van der Waals surface area contributed by atoms with Crippen molar-refractivity contribution in [2.24, 2.45) is 0 Å². The predicted molar refractivity (Wildman–Crippen MR) is 74.9 cm³/mol. The highest BCUT2D eigenvalue weighted by Crippen LogP contribution is 2.36. The minimum Gasteiger partial charge on any atom is -0.496 e. The molecule has 2 nitrogen and oxygen atoms in total. The fourth-order valence-corrected chi connectivity index (χ4v) is 3.00. The molecule has 0 aliphatic rings. The van der Waals surface area contributed by atoms with E-state index in [4.69, 9.17) is 9.15 Å². The monoisotopic (exact) mass is 358 g/mol. The maximum Gasteiger partial charge on any atom is 0.133 e. The molecule has 0 saturated carbocycles. The van der Waals surface area contributed by atoms with Crippen LogP contribution < -0.4 is 4.74 Å². The van der Waals surface area contributed by atoms with Crippen molar-refractivity contribution in [2.75, 3.05) is 7.11 Å². The van der Waals surface area contributed by atoms with Crippen molar-refractivity contribution in [3.05, 3.63) is 51.9 Å². The van der Waals surface area contributed by atoms with E-state index >= 15 is 0 Å². The highest BCUT2D eigenvalue weighted by atomic mass is 79.9. The SMILES string of the molecule is COc1ccc(C(Br)c2ccoc2C)cc1Br. The number of alkyl halides is 1. The second kappa shape index (κ2) is 5.27. The zero-order valence-corrected chi connectivity index (χ0v) is 12.7. The number of methoxy groups -OCH3 is 1. The van der Waals surface area contributed by atoms with Crippen LogP contribution >= 0.6 is 31.9 Å². The lowest BCUT2D eigenvalue weighted by atomic mass is 10.1. The molecule has 0 aliphatic heterocycles. The smallest absolute Gasteiger partial charge is 0.133 e. The van der Waals surface area contributed by atoms with Gasteiger partial charge in [0, 0.05) is 5.56 Å². The van der Waals surface area contributed by atoms with Crippen LogP contribution in [0.4, 0.5) is 0 Å². The van der Waals surface area contributed by atoms with Crippen molar-refractivity contribution in [2.45, 2.75) is 11.8 Å². The van der Waals surface area contributed by atoms with Gasteiger partial charge in [-0.25, -0.2) is 0 Å². The van der Waals surface area contributed by atoms with E-state index in [1.807, 2.05) is 31.2 Å². The Morgan fingerprint density at radius 1 is 1.29 bits per heavy atom. The molecule has 0 N–H and O–H groups in total. The number of hydrogen-bond donors (Lipinski definition) is 0. The van der Waals surface area contributed by atoms with Gasteiger partial charge in [0.25, 0.3) is 0 Å². The van der Waals surface area contributed by atoms with Crippen molar-refractivity contribution in [1.29, 1.82) is 0 Å². The first-order valence-electron chi connectivity index (χ1n) is 5.15. The fraction of sp³-hybridized carbons (Fsp3) is 0.231. The molecule has 0 aliphatic carbocycles. The number of benzene rings is 1. The first kappa shape index (κ1) is 12.7. The van der Waals surface area contributed by atoms with Crippen LogP contribution in [0.25, 0.3) is 0 Å². The van der Waals surface area contributed by atoms with Crippen LogP contribution in [0.3, 0.4) is 0 Å². The summed E-state index contributed by atoms with van der Waals surface area (Å²) in [4.78, 5) is 0.128. The van der Waals surface area contributed by atoms with Crippen LogP contribution in [0.15, 0.2) is 39.4 Å². The lowest BCUT2D eigenvalue weighted by Gasteiger charge is -2.11. The summed E-state index contributed by atoms with van der Waals surface area (Å²) in [5, 5.41) is 0. The van der Waals surface area contributed by atoms with Gasteiger partial charge in [-0.1, -0.05) is 22.0 Å². The van der Waals surface area contributed by atoms with Gasteiger partial charge in [0.15, 0.2) is 0 Å². The lowest BCUT2D eigenvalue weighted by molar-refractivity contribution is 0.412. The summed E-state index contributed by atoms with van der Waals surface area (Å²) in [6.07, 6.45) is 1.71. The lowest BCUT2D eigenvalue weighted by Crippen LogP contribution is -1.94. The molecule has 0 amide bonds. The Labute approximate surface area is 117 Å². The third-order valence-corrected chi connectivity index (χ3v) is 4.28. The van der Waals surface area contributed by atoms with E-state index in [9.17, 15) is 0 Å². The molecular formula is C13H12Br2O2. The van der Waals surface area contributed by atoms with Gasteiger partial charge in [-0.2, -0.15) is 0 Å². The molecule has 0 bridgehead atoms. The van der Waals surface area contributed by atoms with Crippen LogP contribution in [0.1, 0.15) is 21.7 Å². The molecule has 4 heteroatoms. The van der Waals surface area contributed by atoms with Crippen LogP contribution in [0, 0.1) is 6.92 Å². The number of aryl methyl sites for hydroxylation is 1. The maximum atomic E-state index is 5.32. The first-order valence-corrected chi connectivity index (χ1v) is 6.86. The van der Waals surface area contributed by atoms with E-state index in [-0.39, 0.29) is 4.83 Å². The molecule has 1 aromatic heterocycles. The average Bonchev–Trinajstić information content (AvgIpc) is 2.74. The molecule has 1 atom stereocenters. The topological polar surface area (TPSA) is 22.4 Å². The van der Waals surface area contributed by atoms with Gasteiger partial charge in [0.2, 0.25) is 0 Å². The molecule has 90 valence electrons. The summed E-state index contributed by atoms with van der Waals surface area (Å²) >= 11 is 7.17. The molecule has 1 unspecified atom stereocenters. The van der Waals surface area contributed by atoms with Crippen LogP contribution in [0.5, 0.6) is 5.75 Å². The van der Waals surface area contributed by atoms with Gasteiger partial charge in [-0.05, 0) is 46.6 Å². The summed E-state index contributed by atoms with van der Waals surface area (Å²) in [5.41, 5.74) is 2.30. The average molecular weight is 360 g/mol. The van der Waals surface area contributed by atoms with E-state index in [0.717, 1.165) is 27.1 Å². The highest BCUT2D eigenvalue weighted by molar-refractivity contribution is 9.10. The molecule has 0 radical (unpaired) electrons. The number of ether oxygens (including phenoxy) is 1. The first-order chi connectivity index (χ1) is 8.13. The van der Waals surface area contributed by atoms with Gasteiger partial charge >= 0.3 is 0 Å². The molecule has 0 saturated heterocycles. The van der Waals surface area contributed by atoms with E-state index in [1.165, 1.54) is 0 Å². The van der Waals surface area contributed by atoms with Gasteiger partial charge in [-0.3, -0.25) is 0 Å². The normalized spacial score (nSPS) is 12.5. The van der Waals surface area contributed by atoms with Gasteiger partial charge < -0.3 is 9.15 Å². The Morgan fingerprint density at radius 2 is 2.06 bits per heavy atom. The molecule has 0 spiro atoms. The quantitative estimate of drug-likeness (QED) is 0.731. The Morgan fingerprint density at radius 3 is 2.59 bits per heavy atom. The number of rotatable bonds is 3. The van der Waals surface area contributed by atoms with Crippen LogP contribution in [0.2, 0.25) is 0 Å². The predicted octanol–water partition coefficient (Wildman–Crippen LogP) is 4.84. The Kier molecular flexibility index (Phi) is 3.94. The molecule has 0 fully saturated rings. The van der Waals surface area contributed by atoms with E-state index in [1.54, 1.807) is 13.4 Å². The van der Waals surface area contributed by atoms with Gasteiger partial charge in [0.1, 0.15) is 11.5 Å². The maximum absolute atomic E-state index is 5.32. The fourth-order valence-electron chi connectivity index (χ4n) is 1.68. The molecule has 2 rings (SSSR count). The van der Waals surface area contributed by atoms with Crippen LogP contribution in [-0.2, 0) is 0 Å². The molecule has 1 aromatic carbocycles. The van der Waals surface area contributed by atoms with Crippen molar-refractivity contribution in [3.63, 3.8) is 0 Å². The summed E-state index contributed by atoms with van der Waals surface area (Å²) in [7, 11) is 1.66. The Hall–Kier alpha value is -0.740. The minimum atomic E-state index is 0.128. The second-order valence-electron chi connectivity index (χ2n) is 3.69. The Balaban J connectivity index is 2.35. The highest BCUT2D eigenvalue weighted by Gasteiger charge is 2.15. The number of hydrogen-bond acceptors (Lipinski definition) is 2. The third-order valence-electron chi connectivity index (χ3n) is 2.64. The van der Waals surface area contributed by atoms with Crippen LogP contribution in [-0.4, -0.2) is 7.11 Å². The molecule has 2 aromatic rings. The standard InChI is InChI=1S/C13H12Br2O2/c1-8-10(5-6-17-8)13(15)9-3-4-12(16-2)11(14)7-9/h3-7,13H,1-2H3. The van der Waals surface area contributed by atoms with Gasteiger partial charge in [0.05, 0.1) is 22.7 Å². The van der Waals surface area contributed by atoms with E-state index in [2.05, 4.69) is 31.9 Å². The minimum absolute atomic E-state index is 0.128. The molecule has 17 heavy (non-hydrogen) atoms. The zero-order valence-electron chi connectivity index (χ0n) is 9.54. The second-order valence-corrected chi connectivity index (χ2v) is 5.46. The van der Waals surface area contributed by atoms with Crippen molar-refractivity contribution in [1.82, 2.24) is 0 Å². The summed E-state index contributed by atoms with van der Waals surface area (Å²) < 4.78 is 11.5. The summed E-state index contributed by atoms with van der Waals surface area (Å²) in [6, 6.07) is 8.01. The van der Waals surface area contributed by atoms with Crippen molar-refractivity contribution < 1.29 is 9.15 Å². The zero-order chi connectivity index (χ0) is 12.4. The summed E-state index contributed by atoms with van der Waals surface area (Å²) in [5.74, 6) is 1.76. The van der Waals surface area contributed by atoms with E-state index < -0.39 is 0 Å².